The monoisotopic (exact) mass is 283 g/mol. The number of amidine groups is 1. The number of methoxy groups -OCH3 is 1. The van der Waals surface area contributed by atoms with Crippen molar-refractivity contribution in [2.24, 2.45) is 10.7 Å². The van der Waals surface area contributed by atoms with E-state index in [4.69, 9.17) is 15.2 Å². The summed E-state index contributed by atoms with van der Waals surface area (Å²) < 4.78 is 12.6. The number of nitrogens with one attached hydrogen (secondary N) is 1. The maximum absolute atomic E-state index is 10.1. The van der Waals surface area contributed by atoms with Gasteiger partial charge in [0.25, 0.3) is 0 Å². The topological polar surface area (TPSA) is 127 Å². The van der Waals surface area contributed by atoms with Crippen LogP contribution in [0.3, 0.4) is 0 Å². The molecule has 0 radical (unpaired) electrons. The number of aliphatic hydroxyl groups excluding tert-OH is 2. The maximum atomic E-state index is 10.1. The molecule has 1 aromatic heterocycles. The van der Waals surface area contributed by atoms with Crippen molar-refractivity contribution in [1.29, 1.82) is 0 Å². The minimum atomic E-state index is -0.914. The number of imidazole rings is 1. The normalized spacial score (nSPS) is 32.6. The Bertz CT molecular complexity index is 531. The van der Waals surface area contributed by atoms with Gasteiger partial charge in [-0.05, 0) is 0 Å². The number of hydrogen-bond donors (Lipinski definition) is 4. The molecule has 1 fully saturated rings. The smallest absolute Gasteiger partial charge is 0.166 e. The third kappa shape index (κ3) is 1.86. The van der Waals surface area contributed by atoms with Gasteiger partial charge in [0.2, 0.25) is 0 Å². The summed E-state index contributed by atoms with van der Waals surface area (Å²) in [6.45, 7) is 0.0618. The molecule has 1 aromatic rings. The van der Waals surface area contributed by atoms with Gasteiger partial charge in [0.05, 0.1) is 12.9 Å². The zero-order chi connectivity index (χ0) is 14.3. The number of aromatic nitrogens is 2. The van der Waals surface area contributed by atoms with Gasteiger partial charge in [0.15, 0.2) is 6.23 Å². The fourth-order valence-corrected chi connectivity index (χ4v) is 2.54. The van der Waals surface area contributed by atoms with Crippen molar-refractivity contribution in [3.63, 3.8) is 0 Å². The Kier molecular flexibility index (Phi) is 3.34. The fourth-order valence-electron chi connectivity index (χ4n) is 2.54. The Balaban J connectivity index is 1.95. The van der Waals surface area contributed by atoms with Gasteiger partial charge in [0, 0.05) is 7.11 Å². The molecule has 9 heteroatoms. The summed E-state index contributed by atoms with van der Waals surface area (Å²) >= 11 is 0. The van der Waals surface area contributed by atoms with E-state index in [-0.39, 0.29) is 6.61 Å². The summed E-state index contributed by atoms with van der Waals surface area (Å²) in [6.07, 6.45) is -1.26. The molecule has 0 aliphatic carbocycles. The van der Waals surface area contributed by atoms with E-state index in [1.807, 2.05) is 0 Å². The van der Waals surface area contributed by atoms with E-state index in [1.54, 1.807) is 10.9 Å². The largest absolute Gasteiger partial charge is 0.394 e. The first-order chi connectivity index (χ1) is 9.67. The standard InChI is InChI=1S/C11H17N5O4/c1-19-8-7(18)5(2-17)20-11(8)16-4-15-6-9(12)13-3-14-10(6)16/h4-5,7-8,11,14,17-18H,2-3H2,1H3,(H2,12,13)/t5-,7?,8?,11-/m1/s1. The van der Waals surface area contributed by atoms with Crippen LogP contribution in [0.4, 0.5) is 5.82 Å². The van der Waals surface area contributed by atoms with Gasteiger partial charge in [-0.1, -0.05) is 0 Å². The van der Waals surface area contributed by atoms with Crippen molar-refractivity contribution in [1.82, 2.24) is 9.55 Å². The number of anilines is 1. The molecule has 0 saturated carbocycles. The maximum Gasteiger partial charge on any atom is 0.166 e. The van der Waals surface area contributed by atoms with Crippen LogP contribution in [0.1, 0.15) is 11.9 Å². The molecule has 5 N–H and O–H groups in total. The van der Waals surface area contributed by atoms with Crippen LogP contribution < -0.4 is 11.1 Å². The summed E-state index contributed by atoms with van der Waals surface area (Å²) in [5.74, 6) is 1.01. The molecule has 4 atom stereocenters. The van der Waals surface area contributed by atoms with Gasteiger partial charge in [-0.2, -0.15) is 0 Å². The van der Waals surface area contributed by atoms with Gasteiger partial charge < -0.3 is 30.7 Å². The molecule has 3 heterocycles. The third-order valence-corrected chi connectivity index (χ3v) is 3.57. The second-order valence-corrected chi connectivity index (χ2v) is 4.67. The second kappa shape index (κ2) is 5.02. The molecule has 0 amide bonds. The van der Waals surface area contributed by atoms with E-state index in [2.05, 4.69) is 15.3 Å². The number of nitrogens with two attached hydrogens (primary N) is 1. The molecule has 110 valence electrons. The third-order valence-electron chi connectivity index (χ3n) is 3.57. The molecule has 2 aliphatic heterocycles. The lowest BCUT2D eigenvalue weighted by Gasteiger charge is -2.23. The van der Waals surface area contributed by atoms with E-state index in [9.17, 15) is 10.2 Å². The molecular formula is C11H17N5O4. The average molecular weight is 283 g/mol. The van der Waals surface area contributed by atoms with Crippen molar-refractivity contribution in [3.8, 4) is 0 Å². The van der Waals surface area contributed by atoms with Crippen LogP contribution in [0.2, 0.25) is 0 Å². The zero-order valence-corrected chi connectivity index (χ0v) is 10.9. The molecule has 20 heavy (non-hydrogen) atoms. The Labute approximate surface area is 115 Å². The zero-order valence-electron chi connectivity index (χ0n) is 10.9. The number of aliphatic imine (C=N–C) groups is 1. The SMILES string of the molecule is COC1C(O)[C@@H](CO)O[C@H]1n1cnc2c1NCN=C2N. The van der Waals surface area contributed by atoms with Crippen LogP contribution in [0.5, 0.6) is 0 Å². The van der Waals surface area contributed by atoms with Crippen LogP contribution >= 0.6 is 0 Å². The number of nitrogens with zero attached hydrogens (tertiary/aromatic N) is 3. The highest BCUT2D eigenvalue weighted by atomic mass is 16.6. The summed E-state index contributed by atoms with van der Waals surface area (Å²) in [4.78, 5) is 8.23. The molecule has 0 spiro atoms. The van der Waals surface area contributed by atoms with Gasteiger partial charge >= 0.3 is 0 Å². The summed E-state index contributed by atoms with van der Waals surface area (Å²) in [6, 6.07) is 0. The van der Waals surface area contributed by atoms with Crippen LogP contribution in [0.25, 0.3) is 0 Å². The number of fused-ring (bicyclic) bond motifs is 1. The van der Waals surface area contributed by atoms with Gasteiger partial charge in [-0.15, -0.1) is 0 Å². The minimum Gasteiger partial charge on any atom is -0.394 e. The fraction of sp³-hybridized carbons (Fsp3) is 0.636. The Morgan fingerprint density at radius 2 is 2.45 bits per heavy atom. The van der Waals surface area contributed by atoms with Gasteiger partial charge in [-0.25, -0.2) is 9.98 Å². The Morgan fingerprint density at radius 3 is 3.15 bits per heavy atom. The van der Waals surface area contributed by atoms with E-state index in [0.29, 0.717) is 24.0 Å². The lowest BCUT2D eigenvalue weighted by Crippen LogP contribution is -2.35. The molecule has 1 saturated heterocycles. The van der Waals surface area contributed by atoms with Gasteiger partial charge in [0.1, 0.15) is 42.3 Å². The molecule has 3 rings (SSSR count). The van der Waals surface area contributed by atoms with Crippen molar-refractivity contribution in [2.45, 2.75) is 24.5 Å². The quantitative estimate of drug-likeness (QED) is 0.517. The summed E-state index contributed by atoms with van der Waals surface area (Å²) in [5, 5.41) is 22.4. The van der Waals surface area contributed by atoms with Gasteiger partial charge in [-0.3, -0.25) is 4.57 Å². The first-order valence-corrected chi connectivity index (χ1v) is 6.25. The van der Waals surface area contributed by atoms with E-state index < -0.39 is 24.5 Å². The van der Waals surface area contributed by atoms with Crippen molar-refractivity contribution < 1.29 is 19.7 Å². The van der Waals surface area contributed by atoms with Crippen LogP contribution in [-0.2, 0) is 9.47 Å². The minimum absolute atomic E-state index is 0.286. The number of hydrogen-bond acceptors (Lipinski definition) is 8. The molecule has 0 aromatic carbocycles. The Hall–Kier alpha value is -1.68. The lowest BCUT2D eigenvalue weighted by molar-refractivity contribution is -0.0591. The number of ether oxygens (including phenoxy) is 2. The lowest BCUT2D eigenvalue weighted by atomic mass is 10.1. The van der Waals surface area contributed by atoms with E-state index in [0.717, 1.165) is 0 Å². The van der Waals surface area contributed by atoms with Crippen LogP contribution in [-0.4, -0.2) is 64.3 Å². The van der Waals surface area contributed by atoms with Crippen molar-refractivity contribution >= 4 is 11.7 Å². The molecule has 2 unspecified atom stereocenters. The summed E-state index contributed by atoms with van der Waals surface area (Å²) in [7, 11) is 1.48. The number of rotatable bonds is 3. The molecule has 9 nitrogen and oxygen atoms in total. The highest BCUT2D eigenvalue weighted by Crippen LogP contribution is 2.34. The Morgan fingerprint density at radius 1 is 1.65 bits per heavy atom. The molecule has 2 aliphatic rings. The highest BCUT2D eigenvalue weighted by molar-refractivity contribution is 6.01. The highest BCUT2D eigenvalue weighted by Gasteiger charge is 2.45. The number of aliphatic hydroxyl groups is 2. The first kappa shape index (κ1) is 13.3. The molecular weight excluding hydrogens is 266 g/mol. The van der Waals surface area contributed by atoms with Crippen LogP contribution in [0.15, 0.2) is 11.3 Å². The predicted octanol–water partition coefficient (Wildman–Crippen LogP) is -1.76. The molecule has 0 bridgehead atoms. The van der Waals surface area contributed by atoms with E-state index >= 15 is 0 Å². The van der Waals surface area contributed by atoms with Crippen molar-refractivity contribution in [2.75, 3.05) is 25.7 Å². The average Bonchev–Trinajstić information content (AvgIpc) is 3.00. The van der Waals surface area contributed by atoms with E-state index in [1.165, 1.54) is 7.11 Å². The second-order valence-electron chi connectivity index (χ2n) is 4.67. The summed E-state index contributed by atoms with van der Waals surface area (Å²) in [5.41, 5.74) is 6.32. The predicted molar refractivity (Wildman–Crippen MR) is 69.2 cm³/mol. The first-order valence-electron chi connectivity index (χ1n) is 6.25. The van der Waals surface area contributed by atoms with Crippen LogP contribution in [0, 0.1) is 0 Å². The van der Waals surface area contributed by atoms with Crippen molar-refractivity contribution in [3.05, 3.63) is 12.0 Å².